The van der Waals surface area contributed by atoms with Gasteiger partial charge in [0, 0.05) is 45.7 Å². The SMILES string of the molecule is O=C(O)c1ccc(-c2c3nc(c(-c4ccc(C(=O)O)cc4)c4ccc([nH]4)c(-c4ccc(C(=O)O)cc4)c4nc(c(-c5ccc(C(=O)O)cc5)c5ccc2[nH]5)C=C4)C=C3)cc1.[3H]C(P)P. The Hall–Kier alpha value is -7.78. The molecule has 0 aliphatic carbocycles. The second kappa shape index (κ2) is 17.7. The van der Waals surface area contributed by atoms with Crippen LogP contribution in [0, 0.1) is 0 Å². The van der Waals surface area contributed by atoms with Gasteiger partial charge < -0.3 is 30.4 Å². The Kier molecular flexibility index (Phi) is 11.4. The third kappa shape index (κ3) is 8.46. The molecule has 9 rings (SSSR count). The predicted molar refractivity (Wildman–Crippen MR) is 253 cm³/mol. The van der Waals surface area contributed by atoms with Crippen LogP contribution in [0.3, 0.4) is 0 Å². The van der Waals surface area contributed by atoms with E-state index in [0.29, 0.717) is 89.4 Å². The first-order valence-electron chi connectivity index (χ1n) is 19.8. The lowest BCUT2D eigenvalue weighted by molar-refractivity contribution is 0.0686. The zero-order valence-electron chi connectivity index (χ0n) is 33.9. The Morgan fingerprint density at radius 1 is 0.397 bits per heavy atom. The molecule has 63 heavy (non-hydrogen) atoms. The van der Waals surface area contributed by atoms with E-state index in [1.54, 1.807) is 48.5 Å². The average molecular weight is 873 g/mol. The Labute approximate surface area is 365 Å². The van der Waals surface area contributed by atoms with Crippen molar-refractivity contribution in [1.82, 2.24) is 19.9 Å². The molecular formula is C49H36N4O8P2. The first-order valence-corrected chi connectivity index (χ1v) is 20.5. The van der Waals surface area contributed by atoms with E-state index in [9.17, 15) is 39.6 Å². The minimum absolute atomic E-state index is 0.0833. The average Bonchev–Trinajstić information content (AvgIpc) is 4.12. The fourth-order valence-electron chi connectivity index (χ4n) is 7.54. The second-order valence-corrected chi connectivity index (χ2v) is 15.8. The molecule has 0 radical (unpaired) electrons. The number of nitrogens with zero attached hydrogens (tertiary/aromatic N) is 2. The van der Waals surface area contributed by atoms with Crippen LogP contribution in [0.1, 0.15) is 65.6 Å². The molecule has 14 heteroatoms. The van der Waals surface area contributed by atoms with Crippen LogP contribution in [-0.2, 0) is 0 Å². The topological polar surface area (TPSA) is 207 Å². The van der Waals surface area contributed by atoms with Gasteiger partial charge in [0.05, 0.1) is 45.0 Å². The molecule has 0 saturated heterocycles. The molecule has 0 saturated carbocycles. The van der Waals surface area contributed by atoms with Gasteiger partial charge >= 0.3 is 23.9 Å². The van der Waals surface area contributed by atoms with E-state index in [2.05, 4.69) is 28.4 Å². The Balaban J connectivity index is 0.00000135. The molecule has 7 aromatic rings. The van der Waals surface area contributed by atoms with Crippen molar-refractivity contribution < 1.29 is 41.0 Å². The normalized spacial score (nSPS) is 11.8. The number of benzene rings is 4. The fourth-order valence-corrected chi connectivity index (χ4v) is 7.54. The summed E-state index contributed by atoms with van der Waals surface area (Å²) in [6.45, 7) is 0. The van der Waals surface area contributed by atoms with Crippen LogP contribution in [0.2, 0.25) is 0 Å². The summed E-state index contributed by atoms with van der Waals surface area (Å²) in [5.41, 5.74) is 10.7. The monoisotopic (exact) mass is 872 g/mol. The highest BCUT2D eigenvalue weighted by molar-refractivity contribution is 7.36. The van der Waals surface area contributed by atoms with Crippen molar-refractivity contribution in [1.29, 1.82) is 0 Å². The van der Waals surface area contributed by atoms with E-state index in [0.717, 1.165) is 0 Å². The summed E-state index contributed by atoms with van der Waals surface area (Å²) >= 11 is 0. The molecule has 8 bridgehead atoms. The van der Waals surface area contributed by atoms with Crippen molar-refractivity contribution in [3.8, 4) is 44.5 Å². The number of rotatable bonds is 8. The van der Waals surface area contributed by atoms with Crippen LogP contribution in [0.25, 0.3) is 90.9 Å². The molecule has 2 aliphatic heterocycles. The van der Waals surface area contributed by atoms with Gasteiger partial charge in [-0.1, -0.05) is 48.5 Å². The van der Waals surface area contributed by atoms with Gasteiger partial charge in [0.1, 0.15) is 0 Å². The summed E-state index contributed by atoms with van der Waals surface area (Å²) in [5, 5.41) is 38.7. The molecule has 0 amide bonds. The molecule has 3 aromatic heterocycles. The number of aromatic nitrogens is 4. The van der Waals surface area contributed by atoms with Gasteiger partial charge in [0.25, 0.3) is 0 Å². The van der Waals surface area contributed by atoms with Crippen molar-refractivity contribution in [2.75, 3.05) is 5.88 Å². The highest BCUT2D eigenvalue weighted by Crippen LogP contribution is 2.38. The van der Waals surface area contributed by atoms with E-state index in [1.807, 2.05) is 48.6 Å². The van der Waals surface area contributed by atoms with Crippen molar-refractivity contribution in [3.05, 3.63) is 166 Å². The number of aromatic carboxylic acids is 4. The summed E-state index contributed by atoms with van der Waals surface area (Å²) in [5.74, 6) is -4.34. The maximum Gasteiger partial charge on any atom is 0.335 e. The van der Waals surface area contributed by atoms with Crippen LogP contribution in [0.4, 0.5) is 0 Å². The number of aromatic amines is 2. The van der Waals surface area contributed by atoms with E-state index < -0.39 is 23.9 Å². The molecule has 5 heterocycles. The van der Waals surface area contributed by atoms with E-state index >= 15 is 0 Å². The van der Waals surface area contributed by atoms with Gasteiger partial charge in [-0.05, 0) is 125 Å². The zero-order chi connectivity index (χ0) is 45.2. The maximum absolute atomic E-state index is 11.8. The molecule has 2 unspecified atom stereocenters. The van der Waals surface area contributed by atoms with E-state index in [4.69, 9.17) is 11.3 Å². The molecule has 310 valence electrons. The maximum atomic E-state index is 11.8. The summed E-state index contributed by atoms with van der Waals surface area (Å²) in [7, 11) is 4.57. The first-order chi connectivity index (χ1) is 30.7. The standard InChI is InChI=1S/C48H30N4O8.CH6P2/c53-45(54)29-9-1-25(2-10-29)41-33-17-19-35(49-33)42(26-3-11-30(12-4-26)46(55)56)37-21-23-39(51-37)44(28-7-15-32(16-8-28)48(59)60)40-24-22-38(52-40)43(36-20-18-34(41)50-36)27-5-13-31(14-6-27)47(57)58;2-1-3/h1-24,49,52H,(H,53,54)(H,55,56)(H,57,58)(H,59,60);1-3H2/i;1T. The van der Waals surface area contributed by atoms with Crippen LogP contribution in [0.5, 0.6) is 0 Å². The number of hydrogen-bond acceptors (Lipinski definition) is 6. The quantitative estimate of drug-likeness (QED) is 0.0796. The Morgan fingerprint density at radius 2 is 0.587 bits per heavy atom. The first kappa shape index (κ1) is 40.6. The number of carboxylic acid groups (broad SMARTS) is 4. The van der Waals surface area contributed by atoms with Crippen LogP contribution in [-0.4, -0.2) is 70.1 Å². The highest BCUT2D eigenvalue weighted by atomic mass is 31.1. The van der Waals surface area contributed by atoms with Gasteiger partial charge in [-0.25, -0.2) is 29.1 Å². The predicted octanol–water partition coefficient (Wildman–Crippen LogP) is 10.8. The molecular weight excluding hydrogens is 835 g/mol. The Bertz CT molecular complexity index is 2830. The smallest absolute Gasteiger partial charge is 0.335 e. The zero-order valence-corrected chi connectivity index (χ0v) is 35.2. The molecule has 6 N–H and O–H groups in total. The van der Waals surface area contributed by atoms with Gasteiger partial charge in [0.2, 0.25) is 0 Å². The fraction of sp³-hybridized carbons (Fsp3) is 0.0204. The lowest BCUT2D eigenvalue weighted by atomic mass is 10.0. The number of carboxylic acids is 4. The van der Waals surface area contributed by atoms with E-state index in [-0.39, 0.29) is 28.1 Å². The minimum Gasteiger partial charge on any atom is -0.478 e. The summed E-state index contributed by atoms with van der Waals surface area (Å²) < 4.78 is 6.51. The molecule has 2 atom stereocenters. The summed E-state index contributed by atoms with van der Waals surface area (Å²) in [6.07, 6.45) is 7.47. The lowest BCUT2D eigenvalue weighted by Gasteiger charge is -2.08. The Morgan fingerprint density at radius 3 is 0.762 bits per heavy atom. The number of fused-ring (bicyclic) bond motifs is 8. The second-order valence-electron chi connectivity index (χ2n) is 14.2. The number of hydrogen-bond donors (Lipinski definition) is 6. The van der Waals surface area contributed by atoms with Crippen molar-refractivity contribution >= 4 is 88.7 Å². The minimum atomic E-state index is -1.06. The molecule has 12 nitrogen and oxygen atoms in total. The van der Waals surface area contributed by atoms with Gasteiger partial charge in [-0.15, -0.1) is 18.5 Å². The van der Waals surface area contributed by atoms with Crippen molar-refractivity contribution in [2.24, 2.45) is 0 Å². The number of carbonyl (C=O) groups is 4. The third-order valence-electron chi connectivity index (χ3n) is 10.4. The van der Waals surface area contributed by atoms with Crippen LogP contribution < -0.4 is 0 Å². The summed E-state index contributed by atoms with van der Waals surface area (Å²) in [4.78, 5) is 64.8. The van der Waals surface area contributed by atoms with Crippen molar-refractivity contribution in [2.45, 2.75) is 0 Å². The third-order valence-corrected chi connectivity index (χ3v) is 10.4. The van der Waals surface area contributed by atoms with Gasteiger partial charge in [-0.2, -0.15) is 0 Å². The van der Waals surface area contributed by atoms with Crippen molar-refractivity contribution in [3.63, 3.8) is 0 Å². The number of H-pyrrole nitrogens is 2. The summed E-state index contributed by atoms with van der Waals surface area (Å²) in [6, 6.07) is 33.6. The highest BCUT2D eigenvalue weighted by Gasteiger charge is 2.20. The van der Waals surface area contributed by atoms with Gasteiger partial charge in [-0.3, -0.25) is 0 Å². The molecule has 0 fully saturated rings. The number of nitrogens with one attached hydrogen (secondary N) is 2. The lowest BCUT2D eigenvalue weighted by Crippen LogP contribution is -1.96. The van der Waals surface area contributed by atoms with Gasteiger partial charge in [0.15, 0.2) is 0 Å². The molecule has 0 spiro atoms. The van der Waals surface area contributed by atoms with E-state index in [1.165, 1.54) is 48.5 Å². The van der Waals surface area contributed by atoms with Crippen LogP contribution in [0.15, 0.2) is 121 Å². The molecule has 2 aliphatic rings. The largest absolute Gasteiger partial charge is 0.478 e. The van der Waals surface area contributed by atoms with Crippen LogP contribution >= 0.6 is 18.5 Å². The molecule has 4 aromatic carbocycles.